The Morgan fingerprint density at radius 1 is 1.07 bits per heavy atom. The monoisotopic (exact) mass is 434 g/mol. The Bertz CT molecular complexity index is 866. The Labute approximate surface area is 181 Å². The van der Waals surface area contributed by atoms with Crippen molar-refractivity contribution in [1.82, 2.24) is 5.43 Å². The molecule has 0 bridgehead atoms. The second-order valence-corrected chi connectivity index (χ2v) is 6.91. The van der Waals surface area contributed by atoms with Gasteiger partial charge in [-0.1, -0.05) is 17.7 Å². The van der Waals surface area contributed by atoms with E-state index in [0.717, 1.165) is 5.75 Å². The molecule has 0 radical (unpaired) electrons. The maximum absolute atomic E-state index is 11.1. The molecule has 0 spiro atoms. The van der Waals surface area contributed by atoms with Crippen LogP contribution in [0.25, 0.3) is 0 Å². The van der Waals surface area contributed by atoms with Gasteiger partial charge < -0.3 is 18.9 Å². The molecule has 0 aliphatic heterocycles. The summed E-state index contributed by atoms with van der Waals surface area (Å²) >= 11 is 6.37. The van der Waals surface area contributed by atoms with Crippen molar-refractivity contribution in [1.29, 1.82) is 0 Å². The Hall–Kier alpha value is -2.93. The molecule has 0 atom stereocenters. The molecule has 0 aliphatic rings. The number of aryl methyl sites for hydroxylation is 2. The Morgan fingerprint density at radius 2 is 1.77 bits per heavy atom. The average Bonchev–Trinajstić information content (AvgIpc) is 2.68. The minimum Gasteiger partial charge on any atom is -0.493 e. The fourth-order valence-corrected chi connectivity index (χ4v) is 2.98. The number of rotatable bonds is 10. The molecule has 7 nitrogen and oxygen atoms in total. The molecular formula is C22H27ClN2O5. The third kappa shape index (κ3) is 7.48. The lowest BCUT2D eigenvalue weighted by Gasteiger charge is -2.15. The molecule has 0 unspecified atom stereocenters. The van der Waals surface area contributed by atoms with Crippen LogP contribution in [-0.2, 0) is 4.74 Å². The lowest BCUT2D eigenvalue weighted by molar-refractivity contribution is 0.171. The summed E-state index contributed by atoms with van der Waals surface area (Å²) in [7, 11) is 1.26. The summed E-state index contributed by atoms with van der Waals surface area (Å²) < 4.78 is 21.7. The Kier molecular flexibility index (Phi) is 9.28. The standard InChI is InChI=1S/C22H27ClN2O5/c1-5-28-20-13-17(14-24-25-22(26)27-4)12-19(23)21(20)30-8-6-7-29-18-10-15(2)9-16(3)11-18/h9-14H,5-8H2,1-4H3,(H,25,26). The van der Waals surface area contributed by atoms with Gasteiger partial charge in [0, 0.05) is 6.42 Å². The first-order valence-electron chi connectivity index (χ1n) is 9.60. The summed E-state index contributed by atoms with van der Waals surface area (Å²) in [6, 6.07) is 9.53. The number of halogens is 1. The van der Waals surface area contributed by atoms with Crippen LogP contribution in [-0.4, -0.2) is 39.2 Å². The molecule has 2 rings (SSSR count). The maximum atomic E-state index is 11.1. The van der Waals surface area contributed by atoms with Crippen LogP contribution in [0.1, 0.15) is 30.0 Å². The molecule has 1 N–H and O–H groups in total. The molecule has 8 heteroatoms. The quantitative estimate of drug-likeness (QED) is 0.327. The van der Waals surface area contributed by atoms with E-state index in [9.17, 15) is 4.79 Å². The largest absolute Gasteiger partial charge is 0.493 e. The number of nitrogens with one attached hydrogen (secondary N) is 1. The zero-order valence-electron chi connectivity index (χ0n) is 17.7. The van der Waals surface area contributed by atoms with Gasteiger partial charge in [0.2, 0.25) is 0 Å². The van der Waals surface area contributed by atoms with Crippen LogP contribution in [0.3, 0.4) is 0 Å². The first-order chi connectivity index (χ1) is 14.4. The molecule has 30 heavy (non-hydrogen) atoms. The number of carbonyl (C=O) groups excluding carboxylic acids is 1. The summed E-state index contributed by atoms with van der Waals surface area (Å²) in [5, 5.41) is 4.18. The minimum absolute atomic E-state index is 0.385. The summed E-state index contributed by atoms with van der Waals surface area (Å²) in [5.74, 6) is 1.81. The number of carbonyl (C=O) groups is 1. The van der Waals surface area contributed by atoms with E-state index in [-0.39, 0.29) is 0 Å². The van der Waals surface area contributed by atoms with Crippen molar-refractivity contribution in [3.8, 4) is 17.2 Å². The van der Waals surface area contributed by atoms with Crippen molar-refractivity contribution in [3.05, 3.63) is 52.0 Å². The topological polar surface area (TPSA) is 78.4 Å². The van der Waals surface area contributed by atoms with Gasteiger partial charge in [-0.25, -0.2) is 10.2 Å². The van der Waals surface area contributed by atoms with Gasteiger partial charge in [0.15, 0.2) is 11.5 Å². The smallest absolute Gasteiger partial charge is 0.427 e. The zero-order valence-corrected chi connectivity index (χ0v) is 18.4. The van der Waals surface area contributed by atoms with Crippen molar-refractivity contribution in [2.24, 2.45) is 5.10 Å². The van der Waals surface area contributed by atoms with Crippen molar-refractivity contribution in [2.75, 3.05) is 26.9 Å². The third-order valence-electron chi connectivity index (χ3n) is 3.89. The SMILES string of the molecule is CCOc1cc(C=NNC(=O)OC)cc(Cl)c1OCCCOc1cc(C)cc(C)c1. The normalized spacial score (nSPS) is 10.7. The van der Waals surface area contributed by atoms with Crippen molar-refractivity contribution >= 4 is 23.9 Å². The van der Waals surface area contributed by atoms with Crippen molar-refractivity contribution < 1.29 is 23.7 Å². The van der Waals surface area contributed by atoms with Gasteiger partial charge in [0.25, 0.3) is 0 Å². The molecule has 0 fully saturated rings. The van der Waals surface area contributed by atoms with Gasteiger partial charge in [0.1, 0.15) is 5.75 Å². The molecule has 0 saturated heterocycles. The fourth-order valence-electron chi connectivity index (χ4n) is 2.71. The second kappa shape index (κ2) is 11.9. The predicted molar refractivity (Wildman–Crippen MR) is 117 cm³/mol. The van der Waals surface area contributed by atoms with E-state index in [0.29, 0.717) is 48.3 Å². The van der Waals surface area contributed by atoms with Crippen molar-refractivity contribution in [2.45, 2.75) is 27.2 Å². The van der Waals surface area contributed by atoms with E-state index < -0.39 is 6.09 Å². The minimum atomic E-state index is -0.662. The highest BCUT2D eigenvalue weighted by Gasteiger charge is 2.12. The number of methoxy groups -OCH3 is 1. The number of benzene rings is 2. The Morgan fingerprint density at radius 3 is 2.43 bits per heavy atom. The van der Waals surface area contributed by atoms with E-state index in [2.05, 4.69) is 21.3 Å². The molecular weight excluding hydrogens is 408 g/mol. The maximum Gasteiger partial charge on any atom is 0.427 e. The number of hydrogen-bond donors (Lipinski definition) is 1. The van der Waals surface area contributed by atoms with Crippen LogP contribution in [0.2, 0.25) is 5.02 Å². The predicted octanol–water partition coefficient (Wildman–Crippen LogP) is 4.89. The summed E-state index contributed by atoms with van der Waals surface area (Å²) in [4.78, 5) is 11.1. The number of amides is 1. The molecule has 0 saturated carbocycles. The van der Waals surface area contributed by atoms with Gasteiger partial charge in [-0.05, 0) is 61.7 Å². The van der Waals surface area contributed by atoms with Crippen LogP contribution in [0.15, 0.2) is 35.4 Å². The number of nitrogens with zero attached hydrogens (tertiary/aromatic N) is 1. The number of ether oxygens (including phenoxy) is 4. The lowest BCUT2D eigenvalue weighted by atomic mass is 10.1. The van der Waals surface area contributed by atoms with Crippen LogP contribution >= 0.6 is 11.6 Å². The van der Waals surface area contributed by atoms with Gasteiger partial charge in [-0.2, -0.15) is 5.10 Å². The molecule has 2 aromatic rings. The second-order valence-electron chi connectivity index (χ2n) is 6.50. The van der Waals surface area contributed by atoms with E-state index in [1.807, 2.05) is 32.9 Å². The summed E-state index contributed by atoms with van der Waals surface area (Å²) in [6.07, 6.45) is 1.46. The van der Waals surface area contributed by atoms with Gasteiger partial charge >= 0.3 is 6.09 Å². The van der Waals surface area contributed by atoms with Crippen LogP contribution in [0.4, 0.5) is 4.79 Å². The molecule has 162 valence electrons. The van der Waals surface area contributed by atoms with Crippen LogP contribution in [0.5, 0.6) is 17.2 Å². The highest BCUT2D eigenvalue weighted by Crippen LogP contribution is 2.36. The lowest BCUT2D eigenvalue weighted by Crippen LogP contribution is -2.16. The molecule has 1 amide bonds. The van der Waals surface area contributed by atoms with Gasteiger partial charge in [-0.3, -0.25) is 0 Å². The highest BCUT2D eigenvalue weighted by molar-refractivity contribution is 6.32. The van der Waals surface area contributed by atoms with Crippen LogP contribution < -0.4 is 19.6 Å². The molecule has 0 heterocycles. The zero-order chi connectivity index (χ0) is 21.9. The van der Waals surface area contributed by atoms with E-state index >= 15 is 0 Å². The van der Waals surface area contributed by atoms with E-state index in [1.54, 1.807) is 12.1 Å². The average molecular weight is 435 g/mol. The van der Waals surface area contributed by atoms with Crippen molar-refractivity contribution in [3.63, 3.8) is 0 Å². The molecule has 2 aromatic carbocycles. The van der Waals surface area contributed by atoms with Gasteiger partial charge in [-0.15, -0.1) is 0 Å². The Balaban J connectivity index is 1.94. The number of hydrogen-bond acceptors (Lipinski definition) is 6. The third-order valence-corrected chi connectivity index (χ3v) is 4.17. The molecule has 0 aliphatic carbocycles. The first kappa shape index (κ1) is 23.3. The number of hydrazone groups is 1. The van der Waals surface area contributed by atoms with E-state index in [4.69, 9.17) is 25.8 Å². The fraction of sp³-hybridized carbons (Fsp3) is 0.364. The summed E-state index contributed by atoms with van der Waals surface area (Å²) in [5.41, 5.74) is 5.19. The molecule has 0 aromatic heterocycles. The first-order valence-corrected chi connectivity index (χ1v) is 9.98. The summed E-state index contributed by atoms with van der Waals surface area (Å²) in [6.45, 7) is 7.34. The van der Waals surface area contributed by atoms with E-state index in [1.165, 1.54) is 24.5 Å². The van der Waals surface area contributed by atoms with Crippen LogP contribution in [0, 0.1) is 13.8 Å². The van der Waals surface area contributed by atoms with Gasteiger partial charge in [0.05, 0.1) is 38.2 Å². The highest BCUT2D eigenvalue weighted by atomic mass is 35.5.